The molecule has 0 spiro atoms. The molecule has 1 unspecified atom stereocenters. The molecule has 2 N–H and O–H groups in total. The first-order valence-electron chi connectivity index (χ1n) is 6.94. The van der Waals surface area contributed by atoms with E-state index in [-0.39, 0.29) is 5.97 Å². The van der Waals surface area contributed by atoms with E-state index >= 15 is 0 Å². The van der Waals surface area contributed by atoms with Gasteiger partial charge in [0.05, 0.1) is 20.3 Å². The predicted octanol–water partition coefficient (Wildman–Crippen LogP) is 2.09. The molecule has 0 amide bonds. The second-order valence-corrected chi connectivity index (χ2v) is 5.52. The Morgan fingerprint density at radius 3 is 2.29 bits per heavy atom. The molecular formula is C15H23NO4S. The highest BCUT2D eigenvalue weighted by Gasteiger charge is 2.12. The lowest BCUT2D eigenvalue weighted by molar-refractivity contribution is -0.141. The van der Waals surface area contributed by atoms with Gasteiger partial charge in [0.2, 0.25) is 0 Å². The van der Waals surface area contributed by atoms with Gasteiger partial charge >= 0.3 is 5.97 Å². The highest BCUT2D eigenvalue weighted by atomic mass is 32.2. The average molecular weight is 313 g/mol. The molecule has 1 aromatic carbocycles. The van der Waals surface area contributed by atoms with E-state index in [2.05, 4.69) is 11.7 Å². The van der Waals surface area contributed by atoms with E-state index in [0.29, 0.717) is 12.4 Å². The molecule has 6 heteroatoms. The van der Waals surface area contributed by atoms with Crippen LogP contribution in [0.25, 0.3) is 0 Å². The average Bonchev–Trinajstić information content (AvgIpc) is 2.52. The minimum Gasteiger partial charge on any atom is -0.494 e. The van der Waals surface area contributed by atoms with Crippen molar-refractivity contribution in [1.82, 2.24) is 0 Å². The van der Waals surface area contributed by atoms with Gasteiger partial charge in [0.25, 0.3) is 0 Å². The van der Waals surface area contributed by atoms with Gasteiger partial charge in [-0.15, -0.1) is 0 Å². The van der Waals surface area contributed by atoms with E-state index in [1.165, 1.54) is 7.11 Å². The third kappa shape index (κ3) is 7.24. The molecule has 0 aromatic heterocycles. The number of hydrogen-bond donors (Lipinski definition) is 1. The summed E-state index contributed by atoms with van der Waals surface area (Å²) in [5.74, 6) is 2.56. The Balaban J connectivity index is 2.16. The minimum absolute atomic E-state index is 0.383. The van der Waals surface area contributed by atoms with Gasteiger partial charge in [0, 0.05) is 11.5 Å². The van der Waals surface area contributed by atoms with Crippen LogP contribution in [0.15, 0.2) is 24.3 Å². The number of carbonyl (C=O) groups is 1. The SMILES string of the molecule is CCCOc1ccc(OCCSCC(N)C(=O)OC)cc1. The summed E-state index contributed by atoms with van der Waals surface area (Å²) in [4.78, 5) is 11.1. The number of methoxy groups -OCH3 is 1. The molecule has 0 saturated carbocycles. The second kappa shape index (κ2) is 10.3. The topological polar surface area (TPSA) is 70.8 Å². The third-order valence-corrected chi connectivity index (χ3v) is 3.64. The van der Waals surface area contributed by atoms with Crippen molar-refractivity contribution in [2.45, 2.75) is 19.4 Å². The summed E-state index contributed by atoms with van der Waals surface area (Å²) in [5, 5.41) is 0. The number of rotatable bonds is 10. The smallest absolute Gasteiger partial charge is 0.323 e. The first-order chi connectivity index (χ1) is 10.2. The van der Waals surface area contributed by atoms with Crippen LogP contribution in [0.5, 0.6) is 11.5 Å². The summed E-state index contributed by atoms with van der Waals surface area (Å²) in [5.41, 5.74) is 5.63. The van der Waals surface area contributed by atoms with Crippen LogP contribution in [-0.2, 0) is 9.53 Å². The van der Waals surface area contributed by atoms with Crippen LogP contribution in [0.2, 0.25) is 0 Å². The summed E-state index contributed by atoms with van der Waals surface area (Å²) < 4.78 is 15.7. The summed E-state index contributed by atoms with van der Waals surface area (Å²) >= 11 is 1.56. The van der Waals surface area contributed by atoms with E-state index in [9.17, 15) is 4.79 Å². The zero-order valence-corrected chi connectivity index (χ0v) is 13.4. The molecule has 0 aliphatic rings. The lowest BCUT2D eigenvalue weighted by atomic mass is 10.3. The van der Waals surface area contributed by atoms with E-state index in [4.69, 9.17) is 15.2 Å². The highest BCUT2D eigenvalue weighted by Crippen LogP contribution is 2.18. The Bertz CT molecular complexity index is 411. The number of esters is 1. The van der Waals surface area contributed by atoms with Crippen molar-refractivity contribution in [3.8, 4) is 11.5 Å². The molecule has 1 aromatic rings. The maximum atomic E-state index is 11.1. The standard InChI is InChI=1S/C15H23NO4S/c1-3-8-19-12-4-6-13(7-5-12)20-9-10-21-11-14(16)15(17)18-2/h4-7,14H,3,8-11,16H2,1-2H3. The molecule has 0 bridgehead atoms. The van der Waals surface area contributed by atoms with Gasteiger partial charge < -0.3 is 19.9 Å². The van der Waals surface area contributed by atoms with E-state index in [1.54, 1.807) is 11.8 Å². The monoisotopic (exact) mass is 313 g/mol. The van der Waals surface area contributed by atoms with Gasteiger partial charge in [-0.1, -0.05) is 6.92 Å². The van der Waals surface area contributed by atoms with Crippen LogP contribution in [0.1, 0.15) is 13.3 Å². The quantitative estimate of drug-likeness (QED) is 0.527. The van der Waals surface area contributed by atoms with Crippen molar-refractivity contribution in [2.75, 3.05) is 31.8 Å². The first-order valence-corrected chi connectivity index (χ1v) is 8.09. The normalized spacial score (nSPS) is 11.8. The molecule has 1 atom stereocenters. The molecular weight excluding hydrogens is 290 g/mol. The zero-order chi connectivity index (χ0) is 15.5. The van der Waals surface area contributed by atoms with Gasteiger partial charge in [0.15, 0.2) is 0 Å². The number of carbonyl (C=O) groups excluding carboxylic acids is 1. The molecule has 0 radical (unpaired) electrons. The van der Waals surface area contributed by atoms with Crippen LogP contribution in [0.3, 0.4) is 0 Å². The second-order valence-electron chi connectivity index (χ2n) is 4.37. The van der Waals surface area contributed by atoms with Gasteiger partial charge in [-0.3, -0.25) is 4.79 Å². The summed E-state index contributed by atoms with van der Waals surface area (Å²) in [6, 6.07) is 6.98. The lowest BCUT2D eigenvalue weighted by Gasteiger charge is -2.10. The number of benzene rings is 1. The van der Waals surface area contributed by atoms with Crippen molar-refractivity contribution in [2.24, 2.45) is 5.73 Å². The fourth-order valence-corrected chi connectivity index (χ4v) is 2.26. The van der Waals surface area contributed by atoms with Crippen LogP contribution in [0.4, 0.5) is 0 Å². The molecule has 21 heavy (non-hydrogen) atoms. The first kappa shape index (κ1) is 17.7. The Kier molecular flexibility index (Phi) is 8.69. The number of thioether (sulfide) groups is 1. The van der Waals surface area contributed by atoms with Gasteiger partial charge in [-0.05, 0) is 30.7 Å². The largest absolute Gasteiger partial charge is 0.494 e. The summed E-state index contributed by atoms with van der Waals surface area (Å²) in [7, 11) is 1.34. The van der Waals surface area contributed by atoms with Crippen molar-refractivity contribution < 1.29 is 19.0 Å². The predicted molar refractivity (Wildman–Crippen MR) is 85.0 cm³/mol. The van der Waals surface area contributed by atoms with Crippen LogP contribution < -0.4 is 15.2 Å². The molecule has 1 rings (SSSR count). The van der Waals surface area contributed by atoms with Crippen molar-refractivity contribution in [3.05, 3.63) is 24.3 Å². The maximum Gasteiger partial charge on any atom is 0.323 e. The van der Waals surface area contributed by atoms with Gasteiger partial charge in [0.1, 0.15) is 17.5 Å². The fourth-order valence-electron chi connectivity index (χ4n) is 1.50. The molecule has 0 aliphatic heterocycles. The molecule has 0 saturated heterocycles. The van der Waals surface area contributed by atoms with Gasteiger partial charge in [-0.2, -0.15) is 11.8 Å². The third-order valence-electron chi connectivity index (χ3n) is 2.59. The van der Waals surface area contributed by atoms with E-state index in [0.717, 1.165) is 30.3 Å². The Morgan fingerprint density at radius 1 is 1.19 bits per heavy atom. The van der Waals surface area contributed by atoms with Crippen molar-refractivity contribution >= 4 is 17.7 Å². The minimum atomic E-state index is -0.574. The number of hydrogen-bond acceptors (Lipinski definition) is 6. The summed E-state index contributed by atoms with van der Waals surface area (Å²) in [6.07, 6.45) is 0.989. The Morgan fingerprint density at radius 2 is 1.76 bits per heavy atom. The number of nitrogens with two attached hydrogens (primary N) is 1. The maximum absolute atomic E-state index is 11.1. The fraction of sp³-hybridized carbons (Fsp3) is 0.533. The van der Waals surface area contributed by atoms with E-state index < -0.39 is 6.04 Å². The molecule has 0 fully saturated rings. The van der Waals surface area contributed by atoms with Crippen LogP contribution in [0, 0.1) is 0 Å². The molecule has 118 valence electrons. The Hall–Kier alpha value is -1.40. The molecule has 0 aliphatic carbocycles. The van der Waals surface area contributed by atoms with Crippen LogP contribution in [-0.4, -0.2) is 43.8 Å². The molecule has 0 heterocycles. The Labute approximate surface area is 130 Å². The molecule has 5 nitrogen and oxygen atoms in total. The number of ether oxygens (including phenoxy) is 3. The highest BCUT2D eigenvalue weighted by molar-refractivity contribution is 7.99. The van der Waals surface area contributed by atoms with Crippen molar-refractivity contribution in [1.29, 1.82) is 0 Å². The lowest BCUT2D eigenvalue weighted by Crippen LogP contribution is -2.34. The van der Waals surface area contributed by atoms with Crippen LogP contribution >= 0.6 is 11.8 Å². The van der Waals surface area contributed by atoms with Crippen molar-refractivity contribution in [3.63, 3.8) is 0 Å². The zero-order valence-electron chi connectivity index (χ0n) is 12.5. The van der Waals surface area contributed by atoms with E-state index in [1.807, 2.05) is 24.3 Å². The van der Waals surface area contributed by atoms with Gasteiger partial charge in [-0.25, -0.2) is 0 Å². The summed E-state index contributed by atoms with van der Waals surface area (Å²) in [6.45, 7) is 3.35.